The second-order valence-electron chi connectivity index (χ2n) is 6.87. The van der Waals surface area contributed by atoms with Gasteiger partial charge >= 0.3 is 0 Å². The topological polar surface area (TPSA) is 36.0 Å². The lowest BCUT2D eigenvalue weighted by molar-refractivity contribution is -0.135. The van der Waals surface area contributed by atoms with Gasteiger partial charge in [-0.2, -0.15) is 0 Å². The molecular formula is C19H31N3O2. The summed E-state index contributed by atoms with van der Waals surface area (Å²) in [4.78, 5) is 19.0. The maximum Gasteiger partial charge on any atom is 0.260 e. The van der Waals surface area contributed by atoms with Gasteiger partial charge in [-0.1, -0.05) is 18.2 Å². The fourth-order valence-electron chi connectivity index (χ4n) is 3.11. The molecule has 134 valence electrons. The van der Waals surface area contributed by atoms with Crippen molar-refractivity contribution in [1.82, 2.24) is 14.7 Å². The summed E-state index contributed by atoms with van der Waals surface area (Å²) in [7, 11) is 6.39. The highest BCUT2D eigenvalue weighted by Gasteiger charge is 2.26. The molecule has 0 spiro atoms. The molecule has 5 nitrogen and oxygen atoms in total. The number of ether oxygens (including phenoxy) is 1. The molecule has 0 N–H and O–H groups in total. The summed E-state index contributed by atoms with van der Waals surface area (Å²) in [6, 6.07) is 9.99. The van der Waals surface area contributed by atoms with Gasteiger partial charge in [-0.3, -0.25) is 4.79 Å². The number of amides is 1. The third kappa shape index (κ3) is 6.13. The van der Waals surface area contributed by atoms with E-state index >= 15 is 0 Å². The van der Waals surface area contributed by atoms with Gasteiger partial charge in [-0.05, 0) is 65.6 Å². The predicted octanol–water partition coefficient (Wildman–Crippen LogP) is 1.94. The van der Waals surface area contributed by atoms with Crippen molar-refractivity contribution in [3.63, 3.8) is 0 Å². The molecule has 1 aromatic carbocycles. The number of hydrogen-bond acceptors (Lipinski definition) is 4. The Hall–Kier alpha value is -1.59. The van der Waals surface area contributed by atoms with E-state index in [0.29, 0.717) is 6.04 Å². The monoisotopic (exact) mass is 333 g/mol. The van der Waals surface area contributed by atoms with E-state index in [-0.39, 0.29) is 12.5 Å². The molecule has 5 heteroatoms. The van der Waals surface area contributed by atoms with Gasteiger partial charge in [0.05, 0.1) is 0 Å². The molecule has 1 fully saturated rings. The summed E-state index contributed by atoms with van der Waals surface area (Å²) >= 11 is 0. The van der Waals surface area contributed by atoms with E-state index in [2.05, 4.69) is 30.9 Å². The number of likely N-dealkylation sites (tertiary alicyclic amines) is 1. The molecule has 0 aromatic heterocycles. The summed E-state index contributed by atoms with van der Waals surface area (Å²) in [6.45, 7) is 3.96. The van der Waals surface area contributed by atoms with Gasteiger partial charge in [0.2, 0.25) is 0 Å². The normalized spacial score (nSPS) is 18.2. The lowest BCUT2D eigenvalue weighted by Crippen LogP contribution is -2.50. The van der Waals surface area contributed by atoms with Crippen LogP contribution >= 0.6 is 0 Å². The van der Waals surface area contributed by atoms with E-state index in [4.69, 9.17) is 4.74 Å². The first-order chi connectivity index (χ1) is 11.6. The zero-order chi connectivity index (χ0) is 17.4. The maximum absolute atomic E-state index is 12.4. The highest BCUT2D eigenvalue weighted by atomic mass is 16.5. The number of carbonyl (C=O) groups excluding carboxylic acids is 1. The van der Waals surface area contributed by atoms with E-state index in [9.17, 15) is 4.79 Å². The molecule has 0 bridgehead atoms. The first kappa shape index (κ1) is 18.7. The van der Waals surface area contributed by atoms with Gasteiger partial charge in [0, 0.05) is 19.1 Å². The van der Waals surface area contributed by atoms with Gasteiger partial charge in [0.15, 0.2) is 6.61 Å². The smallest absolute Gasteiger partial charge is 0.260 e. The van der Waals surface area contributed by atoms with E-state index < -0.39 is 0 Å². The van der Waals surface area contributed by atoms with Crippen molar-refractivity contribution in [1.29, 1.82) is 0 Å². The number of carbonyl (C=O) groups is 1. The van der Waals surface area contributed by atoms with Crippen molar-refractivity contribution < 1.29 is 9.53 Å². The number of hydrogen-bond donors (Lipinski definition) is 0. The summed E-state index contributed by atoms with van der Waals surface area (Å²) in [6.07, 6.45) is 3.40. The van der Waals surface area contributed by atoms with Crippen LogP contribution in [0.1, 0.15) is 19.3 Å². The molecule has 0 aliphatic carbocycles. The summed E-state index contributed by atoms with van der Waals surface area (Å²) in [5.74, 6) is 0.838. The van der Waals surface area contributed by atoms with Crippen LogP contribution in [0.15, 0.2) is 30.3 Å². The number of likely N-dealkylation sites (N-methyl/N-ethyl adjacent to an activating group) is 1. The summed E-state index contributed by atoms with van der Waals surface area (Å²) in [5.41, 5.74) is 0. The van der Waals surface area contributed by atoms with Crippen LogP contribution in [0.3, 0.4) is 0 Å². The Balaban J connectivity index is 1.76. The van der Waals surface area contributed by atoms with Crippen LogP contribution in [0, 0.1) is 0 Å². The Kier molecular flexibility index (Phi) is 7.53. The highest BCUT2D eigenvalue weighted by molar-refractivity contribution is 5.77. The van der Waals surface area contributed by atoms with Crippen molar-refractivity contribution in [3.05, 3.63) is 30.3 Å². The average Bonchev–Trinajstić information content (AvgIpc) is 2.60. The number of rotatable bonds is 8. The molecule has 0 saturated carbocycles. The molecule has 1 aliphatic rings. The van der Waals surface area contributed by atoms with Crippen LogP contribution in [-0.4, -0.2) is 80.6 Å². The zero-order valence-electron chi connectivity index (χ0n) is 15.3. The molecule has 1 amide bonds. The van der Waals surface area contributed by atoms with Crippen LogP contribution in [-0.2, 0) is 4.79 Å². The Bertz CT molecular complexity index is 493. The number of benzene rings is 1. The molecule has 0 radical (unpaired) electrons. The molecule has 1 aromatic rings. The largest absolute Gasteiger partial charge is 0.484 e. The lowest BCUT2D eigenvalue weighted by atomic mass is 10.0. The summed E-state index contributed by atoms with van der Waals surface area (Å²) < 4.78 is 5.60. The van der Waals surface area contributed by atoms with Crippen molar-refractivity contribution in [2.75, 3.05) is 53.9 Å². The first-order valence-electron chi connectivity index (χ1n) is 8.87. The number of para-hydroxylation sites is 1. The molecule has 1 saturated heterocycles. The lowest BCUT2D eigenvalue weighted by Gasteiger charge is -2.37. The van der Waals surface area contributed by atoms with Crippen molar-refractivity contribution in [2.24, 2.45) is 0 Å². The van der Waals surface area contributed by atoms with Crippen LogP contribution in [0.25, 0.3) is 0 Å². The minimum Gasteiger partial charge on any atom is -0.484 e. The molecule has 1 aliphatic heterocycles. The average molecular weight is 333 g/mol. The molecule has 1 atom stereocenters. The number of piperidine rings is 1. The Labute approximate surface area is 146 Å². The number of nitrogens with zero attached hydrogens (tertiary/aromatic N) is 3. The Morgan fingerprint density at radius 1 is 1.21 bits per heavy atom. The quantitative estimate of drug-likeness (QED) is 0.728. The minimum atomic E-state index is 0.0882. The van der Waals surface area contributed by atoms with Gasteiger partial charge in [-0.15, -0.1) is 0 Å². The maximum atomic E-state index is 12.4. The van der Waals surface area contributed by atoms with E-state index in [1.54, 1.807) is 0 Å². The Morgan fingerprint density at radius 2 is 1.96 bits per heavy atom. The van der Waals surface area contributed by atoms with Crippen molar-refractivity contribution in [3.8, 4) is 5.75 Å². The van der Waals surface area contributed by atoms with Crippen LogP contribution in [0.2, 0.25) is 0 Å². The highest BCUT2D eigenvalue weighted by Crippen LogP contribution is 2.16. The Morgan fingerprint density at radius 3 is 2.67 bits per heavy atom. The SMILES string of the molecule is CN(C)CCCN(C)C1CCCN(C(=O)COc2ccccc2)C1. The predicted molar refractivity (Wildman–Crippen MR) is 97.3 cm³/mol. The van der Waals surface area contributed by atoms with Gasteiger partial charge < -0.3 is 19.4 Å². The van der Waals surface area contributed by atoms with Gasteiger partial charge in [0.25, 0.3) is 5.91 Å². The van der Waals surface area contributed by atoms with Crippen molar-refractivity contribution in [2.45, 2.75) is 25.3 Å². The zero-order valence-corrected chi connectivity index (χ0v) is 15.3. The fourth-order valence-corrected chi connectivity index (χ4v) is 3.11. The molecule has 2 rings (SSSR count). The third-order valence-electron chi connectivity index (χ3n) is 4.59. The second-order valence-corrected chi connectivity index (χ2v) is 6.87. The van der Waals surface area contributed by atoms with Crippen LogP contribution < -0.4 is 4.74 Å². The third-order valence-corrected chi connectivity index (χ3v) is 4.59. The van der Waals surface area contributed by atoms with Crippen molar-refractivity contribution >= 4 is 5.91 Å². The van der Waals surface area contributed by atoms with Gasteiger partial charge in [-0.25, -0.2) is 0 Å². The van der Waals surface area contributed by atoms with Crippen LogP contribution in [0.4, 0.5) is 0 Å². The standard InChI is InChI=1S/C19H31N3O2/c1-20(2)12-8-13-21(3)17-9-7-14-22(15-17)19(23)16-24-18-10-5-4-6-11-18/h4-6,10-11,17H,7-9,12-16H2,1-3H3. The van der Waals surface area contributed by atoms with Gasteiger partial charge in [0.1, 0.15) is 5.75 Å². The van der Waals surface area contributed by atoms with Crippen LogP contribution in [0.5, 0.6) is 5.75 Å². The molecular weight excluding hydrogens is 302 g/mol. The van der Waals surface area contributed by atoms with E-state index in [1.807, 2.05) is 35.2 Å². The first-order valence-corrected chi connectivity index (χ1v) is 8.87. The molecule has 1 unspecified atom stereocenters. The van der Waals surface area contributed by atoms with E-state index in [0.717, 1.165) is 44.8 Å². The molecule has 1 heterocycles. The van der Waals surface area contributed by atoms with E-state index in [1.165, 1.54) is 6.42 Å². The molecule has 24 heavy (non-hydrogen) atoms. The second kappa shape index (κ2) is 9.64. The summed E-state index contributed by atoms with van der Waals surface area (Å²) in [5, 5.41) is 0. The fraction of sp³-hybridized carbons (Fsp3) is 0.632. The minimum absolute atomic E-state index is 0.0882.